The van der Waals surface area contributed by atoms with Gasteiger partial charge in [-0.05, 0) is 36.4 Å². The molecule has 8 heteroatoms. The Balaban J connectivity index is 1.27. The van der Waals surface area contributed by atoms with Gasteiger partial charge in [-0.25, -0.2) is 0 Å². The number of amides is 2. The molecule has 0 saturated carbocycles. The van der Waals surface area contributed by atoms with E-state index in [-0.39, 0.29) is 18.4 Å². The molecule has 4 rings (SSSR count). The summed E-state index contributed by atoms with van der Waals surface area (Å²) < 4.78 is 0. The Morgan fingerprint density at radius 2 is 1.60 bits per heavy atom. The van der Waals surface area contributed by atoms with Crippen LogP contribution in [0, 0.1) is 0 Å². The van der Waals surface area contributed by atoms with E-state index in [1.807, 2.05) is 30.3 Å². The Bertz CT molecular complexity index is 987. The molecule has 8 nitrogen and oxygen atoms in total. The predicted octanol–water partition coefficient (Wildman–Crippen LogP) is 1.62. The van der Waals surface area contributed by atoms with E-state index in [1.54, 1.807) is 41.6 Å². The highest BCUT2D eigenvalue weighted by Gasteiger charge is 2.22. The van der Waals surface area contributed by atoms with Gasteiger partial charge in [-0.1, -0.05) is 18.2 Å². The summed E-state index contributed by atoms with van der Waals surface area (Å²) in [5.74, 6) is 0.461. The van der Waals surface area contributed by atoms with Crippen molar-refractivity contribution in [3.8, 4) is 11.3 Å². The van der Waals surface area contributed by atoms with Crippen molar-refractivity contribution in [1.29, 1.82) is 0 Å². The third kappa shape index (κ3) is 4.60. The van der Waals surface area contributed by atoms with E-state index < -0.39 is 0 Å². The SMILES string of the molecule is O=C(NCC(=O)N1CCN(c2ccc(-c3ccncc3)nn2)CC1)c1ccccc1. The standard InChI is InChI=1S/C22H22N6O2/c29-21(16-24-22(30)18-4-2-1-3-5-18)28-14-12-27(13-15-28)20-7-6-19(25-26-20)17-8-10-23-11-9-17/h1-11H,12-16H2,(H,24,30). The minimum atomic E-state index is -0.243. The van der Waals surface area contributed by atoms with Gasteiger partial charge in [0, 0.05) is 49.7 Å². The number of aromatic nitrogens is 3. The van der Waals surface area contributed by atoms with E-state index in [1.165, 1.54) is 0 Å². The molecule has 0 spiro atoms. The topological polar surface area (TPSA) is 91.3 Å². The monoisotopic (exact) mass is 402 g/mol. The number of rotatable bonds is 5. The molecule has 1 N–H and O–H groups in total. The van der Waals surface area contributed by atoms with Crippen LogP contribution < -0.4 is 10.2 Å². The van der Waals surface area contributed by atoms with Crippen molar-refractivity contribution >= 4 is 17.6 Å². The number of hydrogen-bond acceptors (Lipinski definition) is 6. The summed E-state index contributed by atoms with van der Waals surface area (Å²) in [6.45, 7) is 2.49. The number of piperazine rings is 1. The fourth-order valence-corrected chi connectivity index (χ4v) is 3.31. The Labute approximate surface area is 174 Å². The van der Waals surface area contributed by atoms with Gasteiger partial charge in [0.15, 0.2) is 5.82 Å². The van der Waals surface area contributed by atoms with E-state index in [9.17, 15) is 9.59 Å². The third-order valence-electron chi connectivity index (χ3n) is 5.02. The molecule has 3 aromatic rings. The Morgan fingerprint density at radius 1 is 0.867 bits per heavy atom. The van der Waals surface area contributed by atoms with E-state index in [0.29, 0.717) is 31.7 Å². The van der Waals surface area contributed by atoms with Gasteiger partial charge in [0.25, 0.3) is 5.91 Å². The average Bonchev–Trinajstić information content (AvgIpc) is 2.83. The number of benzene rings is 1. The third-order valence-corrected chi connectivity index (χ3v) is 5.02. The molecule has 0 aliphatic carbocycles. The first-order valence-corrected chi connectivity index (χ1v) is 9.81. The number of carbonyl (C=O) groups is 2. The number of anilines is 1. The van der Waals surface area contributed by atoms with Gasteiger partial charge in [-0.3, -0.25) is 14.6 Å². The highest BCUT2D eigenvalue weighted by atomic mass is 16.2. The molecule has 30 heavy (non-hydrogen) atoms. The van der Waals surface area contributed by atoms with Crippen molar-refractivity contribution in [2.24, 2.45) is 0 Å². The maximum absolute atomic E-state index is 12.4. The quantitative estimate of drug-likeness (QED) is 0.697. The summed E-state index contributed by atoms with van der Waals surface area (Å²) in [5.41, 5.74) is 2.31. The van der Waals surface area contributed by atoms with Crippen molar-refractivity contribution in [2.75, 3.05) is 37.6 Å². The normalized spacial score (nSPS) is 13.7. The maximum atomic E-state index is 12.4. The van der Waals surface area contributed by atoms with Crippen molar-refractivity contribution in [3.05, 3.63) is 72.6 Å². The van der Waals surface area contributed by atoms with E-state index in [2.05, 4.69) is 25.4 Å². The van der Waals surface area contributed by atoms with Crippen LogP contribution in [0.2, 0.25) is 0 Å². The van der Waals surface area contributed by atoms with Gasteiger partial charge in [0.2, 0.25) is 5.91 Å². The zero-order valence-corrected chi connectivity index (χ0v) is 16.4. The van der Waals surface area contributed by atoms with Gasteiger partial charge in [0.05, 0.1) is 12.2 Å². The van der Waals surface area contributed by atoms with Gasteiger partial charge in [-0.15, -0.1) is 10.2 Å². The summed E-state index contributed by atoms with van der Waals surface area (Å²) in [6, 6.07) is 16.5. The maximum Gasteiger partial charge on any atom is 0.251 e. The first-order chi connectivity index (χ1) is 14.7. The summed E-state index contributed by atoms with van der Waals surface area (Å²) in [7, 11) is 0. The van der Waals surface area contributed by atoms with E-state index >= 15 is 0 Å². The molecule has 0 unspecified atom stereocenters. The van der Waals surface area contributed by atoms with Crippen LogP contribution in [0.4, 0.5) is 5.82 Å². The number of nitrogens with zero attached hydrogens (tertiary/aromatic N) is 5. The zero-order valence-electron chi connectivity index (χ0n) is 16.4. The molecule has 0 atom stereocenters. The predicted molar refractivity (Wildman–Crippen MR) is 113 cm³/mol. The summed E-state index contributed by atoms with van der Waals surface area (Å²) in [4.78, 5) is 32.4. The van der Waals surface area contributed by atoms with Crippen molar-refractivity contribution in [2.45, 2.75) is 0 Å². The molecule has 2 amide bonds. The second-order valence-corrected chi connectivity index (χ2v) is 6.93. The second kappa shape index (κ2) is 9.13. The van der Waals surface area contributed by atoms with Crippen LogP contribution >= 0.6 is 0 Å². The molecular formula is C22H22N6O2. The fourth-order valence-electron chi connectivity index (χ4n) is 3.31. The molecule has 152 valence electrons. The average molecular weight is 402 g/mol. The van der Waals surface area contributed by atoms with Crippen LogP contribution in [0.15, 0.2) is 67.0 Å². The van der Waals surface area contributed by atoms with Gasteiger partial charge in [0.1, 0.15) is 0 Å². The zero-order chi connectivity index (χ0) is 20.8. The molecule has 2 aromatic heterocycles. The van der Waals surface area contributed by atoms with Crippen molar-refractivity contribution in [3.63, 3.8) is 0 Å². The lowest BCUT2D eigenvalue weighted by Gasteiger charge is -2.35. The van der Waals surface area contributed by atoms with Gasteiger partial charge >= 0.3 is 0 Å². The summed E-state index contributed by atoms with van der Waals surface area (Å²) in [6.07, 6.45) is 3.45. The van der Waals surface area contributed by atoms with E-state index in [0.717, 1.165) is 17.1 Å². The lowest BCUT2D eigenvalue weighted by molar-refractivity contribution is -0.130. The van der Waals surface area contributed by atoms with Gasteiger partial charge < -0.3 is 15.1 Å². The number of nitrogens with one attached hydrogen (secondary N) is 1. The number of pyridine rings is 1. The molecule has 1 aliphatic rings. The fraction of sp³-hybridized carbons (Fsp3) is 0.227. The highest BCUT2D eigenvalue weighted by Crippen LogP contribution is 2.18. The molecule has 0 bridgehead atoms. The van der Waals surface area contributed by atoms with Crippen LogP contribution in [0.5, 0.6) is 0 Å². The first kappa shape index (κ1) is 19.5. The van der Waals surface area contributed by atoms with E-state index in [4.69, 9.17) is 0 Å². The molecule has 0 radical (unpaired) electrons. The van der Waals surface area contributed by atoms with Crippen LogP contribution in [-0.4, -0.2) is 64.6 Å². The van der Waals surface area contributed by atoms with Crippen LogP contribution in [0.1, 0.15) is 10.4 Å². The Hall–Kier alpha value is -3.81. The second-order valence-electron chi connectivity index (χ2n) is 6.93. The van der Waals surface area contributed by atoms with Crippen LogP contribution in [0.3, 0.4) is 0 Å². The highest BCUT2D eigenvalue weighted by molar-refractivity contribution is 5.96. The Kier molecular flexibility index (Phi) is 5.93. The van der Waals surface area contributed by atoms with Crippen molar-refractivity contribution in [1.82, 2.24) is 25.4 Å². The first-order valence-electron chi connectivity index (χ1n) is 9.81. The smallest absolute Gasteiger partial charge is 0.251 e. The molecule has 3 heterocycles. The van der Waals surface area contributed by atoms with Crippen molar-refractivity contribution < 1.29 is 9.59 Å². The molecule has 1 saturated heterocycles. The molecular weight excluding hydrogens is 380 g/mol. The van der Waals surface area contributed by atoms with Gasteiger partial charge in [-0.2, -0.15) is 0 Å². The molecule has 1 aromatic carbocycles. The lowest BCUT2D eigenvalue weighted by Crippen LogP contribution is -2.51. The lowest BCUT2D eigenvalue weighted by atomic mass is 10.2. The number of hydrogen-bond donors (Lipinski definition) is 1. The largest absolute Gasteiger partial charge is 0.352 e. The molecule has 1 aliphatic heterocycles. The van der Waals surface area contributed by atoms with Crippen LogP contribution in [-0.2, 0) is 4.79 Å². The summed E-state index contributed by atoms with van der Waals surface area (Å²) in [5, 5.41) is 11.3. The molecule has 1 fully saturated rings. The Morgan fingerprint density at radius 3 is 2.27 bits per heavy atom. The minimum Gasteiger partial charge on any atom is -0.352 e. The number of carbonyl (C=O) groups excluding carboxylic acids is 2. The minimum absolute atomic E-state index is 0.00579. The summed E-state index contributed by atoms with van der Waals surface area (Å²) >= 11 is 0. The van der Waals surface area contributed by atoms with Crippen LogP contribution in [0.25, 0.3) is 11.3 Å².